The van der Waals surface area contributed by atoms with Gasteiger partial charge in [0, 0.05) is 19.3 Å². The standard InChI is InChI=1S/C18H24BF9O9/c20-13-7-10(1-4-29-13)32-16(23,24)35-19(36-17(25,26)33-11-2-5-30-14(21)8-11)37-18(27,28)34-12-3-6-31-15(22)9-12/h10-15H,1-9H2. The Morgan fingerprint density at radius 1 is 0.514 bits per heavy atom. The van der Waals surface area contributed by atoms with Crippen molar-refractivity contribution in [2.45, 2.75) is 94.8 Å². The summed E-state index contributed by atoms with van der Waals surface area (Å²) < 4.78 is 163. The summed E-state index contributed by atoms with van der Waals surface area (Å²) in [4.78, 5) is 0. The molecule has 0 radical (unpaired) electrons. The average molecular weight is 566 g/mol. The second-order valence-corrected chi connectivity index (χ2v) is 8.17. The molecule has 0 amide bonds. The molecule has 3 rings (SSSR count). The Hall–Kier alpha value is -0.925. The summed E-state index contributed by atoms with van der Waals surface area (Å²) in [5.74, 6) is 0. The van der Waals surface area contributed by atoms with Gasteiger partial charge in [0.2, 0.25) is 19.1 Å². The Balaban J connectivity index is 1.67. The summed E-state index contributed by atoms with van der Waals surface area (Å²) in [5, 5.41) is 0. The van der Waals surface area contributed by atoms with E-state index in [2.05, 4.69) is 42.4 Å². The molecule has 0 bridgehead atoms. The number of halogens is 9. The van der Waals surface area contributed by atoms with E-state index in [1.807, 2.05) is 0 Å². The zero-order valence-electron chi connectivity index (χ0n) is 19.0. The van der Waals surface area contributed by atoms with Crippen LogP contribution < -0.4 is 0 Å². The van der Waals surface area contributed by atoms with E-state index < -0.39 is 82.9 Å². The Kier molecular flexibility index (Phi) is 10.7. The minimum absolute atomic E-state index is 0.271. The molecule has 0 spiro atoms. The second-order valence-electron chi connectivity index (χ2n) is 8.17. The summed E-state index contributed by atoms with van der Waals surface area (Å²) >= 11 is 0. The summed E-state index contributed by atoms with van der Waals surface area (Å²) in [5.41, 5.74) is 0. The van der Waals surface area contributed by atoms with Gasteiger partial charge < -0.3 is 28.2 Å². The molecule has 0 aliphatic carbocycles. The Bertz CT molecular complexity index is 623. The van der Waals surface area contributed by atoms with E-state index in [1.54, 1.807) is 0 Å². The van der Waals surface area contributed by atoms with Crippen molar-refractivity contribution in [1.82, 2.24) is 0 Å². The van der Waals surface area contributed by atoms with Crippen molar-refractivity contribution < 1.29 is 81.9 Å². The third-order valence-electron chi connectivity index (χ3n) is 5.17. The van der Waals surface area contributed by atoms with Crippen LogP contribution in [-0.4, -0.2) is 83.4 Å². The Labute approximate surface area is 204 Å². The van der Waals surface area contributed by atoms with E-state index in [1.165, 1.54) is 0 Å². The number of alkyl halides is 9. The Morgan fingerprint density at radius 3 is 1.03 bits per heavy atom. The van der Waals surface area contributed by atoms with Gasteiger partial charge in [0.1, 0.15) is 0 Å². The number of rotatable bonds is 12. The van der Waals surface area contributed by atoms with Crippen LogP contribution in [0.2, 0.25) is 0 Å². The summed E-state index contributed by atoms with van der Waals surface area (Å²) in [6.45, 7) is -1.01. The van der Waals surface area contributed by atoms with Gasteiger partial charge in [-0.05, 0) is 19.3 Å². The van der Waals surface area contributed by atoms with E-state index in [0.717, 1.165) is 0 Å². The lowest BCUT2D eigenvalue weighted by Crippen LogP contribution is -2.50. The molecule has 3 aliphatic heterocycles. The average Bonchev–Trinajstić information content (AvgIpc) is 2.71. The maximum Gasteiger partial charge on any atom is 0.658 e. The lowest BCUT2D eigenvalue weighted by Gasteiger charge is -2.33. The third-order valence-corrected chi connectivity index (χ3v) is 5.17. The van der Waals surface area contributed by atoms with Crippen molar-refractivity contribution in [3.05, 3.63) is 0 Å². The number of hydrogen-bond donors (Lipinski definition) is 0. The van der Waals surface area contributed by atoms with E-state index in [-0.39, 0.29) is 39.1 Å². The molecule has 3 aliphatic rings. The highest BCUT2D eigenvalue weighted by Gasteiger charge is 2.54. The zero-order chi connectivity index (χ0) is 27.3. The van der Waals surface area contributed by atoms with Crippen LogP contribution in [0.15, 0.2) is 0 Å². The monoisotopic (exact) mass is 566 g/mol. The minimum atomic E-state index is -4.93. The molecule has 37 heavy (non-hydrogen) atoms. The first-order valence-corrected chi connectivity index (χ1v) is 11.2. The summed E-state index contributed by atoms with van der Waals surface area (Å²) in [7, 11) is -3.62. The van der Waals surface area contributed by atoms with Crippen molar-refractivity contribution in [2.24, 2.45) is 0 Å². The molecular weight excluding hydrogens is 542 g/mol. The molecule has 19 heteroatoms. The summed E-state index contributed by atoms with van der Waals surface area (Å²) in [6.07, 6.45) is -28.3. The molecule has 6 atom stereocenters. The molecule has 3 saturated heterocycles. The van der Waals surface area contributed by atoms with Crippen molar-refractivity contribution >= 4 is 7.32 Å². The number of hydrogen-bond acceptors (Lipinski definition) is 9. The minimum Gasteiger partial charge on any atom is -0.348 e. The van der Waals surface area contributed by atoms with Crippen LogP contribution in [0.25, 0.3) is 0 Å². The molecule has 3 fully saturated rings. The first-order valence-electron chi connectivity index (χ1n) is 11.2. The van der Waals surface area contributed by atoms with Gasteiger partial charge in [-0.1, -0.05) is 0 Å². The van der Waals surface area contributed by atoms with Crippen molar-refractivity contribution in [2.75, 3.05) is 19.8 Å². The van der Waals surface area contributed by atoms with Crippen LogP contribution in [0, 0.1) is 0 Å². The molecule has 9 nitrogen and oxygen atoms in total. The fraction of sp³-hybridized carbons (Fsp3) is 1.00. The van der Waals surface area contributed by atoms with Crippen LogP contribution in [0.4, 0.5) is 39.5 Å². The normalized spacial score (nSPS) is 32.4. The van der Waals surface area contributed by atoms with Gasteiger partial charge in [-0.25, -0.2) is 13.2 Å². The van der Waals surface area contributed by atoms with E-state index in [9.17, 15) is 39.5 Å². The molecule has 0 aromatic carbocycles. The van der Waals surface area contributed by atoms with Gasteiger partial charge in [0.05, 0.1) is 38.1 Å². The van der Waals surface area contributed by atoms with Crippen molar-refractivity contribution in [3.63, 3.8) is 0 Å². The molecule has 6 unspecified atom stereocenters. The largest absolute Gasteiger partial charge is 0.658 e. The molecule has 0 saturated carbocycles. The molecule has 0 aromatic rings. The van der Waals surface area contributed by atoms with Gasteiger partial charge in [0.15, 0.2) is 0 Å². The second kappa shape index (κ2) is 13.0. The van der Waals surface area contributed by atoms with Gasteiger partial charge in [0.25, 0.3) is 0 Å². The molecule has 0 N–H and O–H groups in total. The first-order chi connectivity index (χ1) is 17.2. The van der Waals surface area contributed by atoms with Gasteiger partial charge in [-0.15, -0.1) is 26.3 Å². The highest BCUT2D eigenvalue weighted by atomic mass is 19.3. The van der Waals surface area contributed by atoms with Gasteiger partial charge in [-0.2, -0.15) is 0 Å². The maximum atomic E-state index is 14.3. The van der Waals surface area contributed by atoms with E-state index >= 15 is 0 Å². The van der Waals surface area contributed by atoms with Crippen LogP contribution in [0.3, 0.4) is 0 Å². The van der Waals surface area contributed by atoms with E-state index in [4.69, 9.17) is 0 Å². The Morgan fingerprint density at radius 2 is 0.784 bits per heavy atom. The zero-order valence-corrected chi connectivity index (χ0v) is 19.0. The highest BCUT2D eigenvalue weighted by molar-refractivity contribution is 6.36. The van der Waals surface area contributed by atoms with Crippen LogP contribution in [0.1, 0.15) is 38.5 Å². The molecule has 3 heterocycles. The fourth-order valence-electron chi connectivity index (χ4n) is 3.55. The quantitative estimate of drug-likeness (QED) is 0.197. The topological polar surface area (TPSA) is 83.1 Å². The predicted molar refractivity (Wildman–Crippen MR) is 98.7 cm³/mol. The van der Waals surface area contributed by atoms with Crippen molar-refractivity contribution in [3.8, 4) is 0 Å². The van der Waals surface area contributed by atoms with E-state index in [0.29, 0.717) is 0 Å². The molecular formula is C18H24BF9O9. The van der Waals surface area contributed by atoms with Crippen molar-refractivity contribution in [1.29, 1.82) is 0 Å². The SMILES string of the molecule is FC1CC(OC(F)(F)OB(OC(F)(F)OC2CCOC(F)C2)OC(F)(F)OC2CCOC(F)C2)CCO1. The lowest BCUT2D eigenvalue weighted by atomic mass is 10.1. The van der Waals surface area contributed by atoms with Gasteiger partial charge in [-0.3, -0.25) is 14.2 Å². The van der Waals surface area contributed by atoms with Crippen LogP contribution in [0.5, 0.6) is 0 Å². The summed E-state index contributed by atoms with van der Waals surface area (Å²) in [6, 6.07) is 0. The predicted octanol–water partition coefficient (Wildman–Crippen LogP) is 4.15. The van der Waals surface area contributed by atoms with Gasteiger partial charge >= 0.3 is 26.2 Å². The molecule has 216 valence electrons. The van der Waals surface area contributed by atoms with Crippen LogP contribution >= 0.6 is 0 Å². The smallest absolute Gasteiger partial charge is 0.348 e. The van der Waals surface area contributed by atoms with Crippen LogP contribution in [-0.2, 0) is 42.4 Å². The maximum absolute atomic E-state index is 14.3. The fourth-order valence-corrected chi connectivity index (χ4v) is 3.55. The highest BCUT2D eigenvalue weighted by Crippen LogP contribution is 2.34. The molecule has 0 aromatic heterocycles. The number of ether oxygens (including phenoxy) is 6. The third kappa shape index (κ3) is 11.0. The first kappa shape index (κ1) is 30.6. The lowest BCUT2D eigenvalue weighted by molar-refractivity contribution is -0.436.